The van der Waals surface area contributed by atoms with Gasteiger partial charge in [-0.2, -0.15) is 0 Å². The highest BCUT2D eigenvalue weighted by Crippen LogP contribution is 2.51. The molecule has 0 saturated heterocycles. The second-order valence-electron chi connectivity index (χ2n) is 6.15. The average molecular weight is 361 g/mol. The Kier molecular flexibility index (Phi) is 3.74. The second kappa shape index (κ2) is 5.80. The van der Waals surface area contributed by atoms with Gasteiger partial charge in [-0.05, 0) is 35.6 Å². The molecule has 3 atom stereocenters. The molecular weight excluding hydrogens is 347 g/mol. The smallest absolute Gasteiger partial charge is 0.269 e. The zero-order valence-electron chi connectivity index (χ0n) is 12.6. The number of allylic oxidation sites excluding steroid dienone is 2. The highest BCUT2D eigenvalue weighted by atomic mass is 35.5. The van der Waals surface area contributed by atoms with Crippen LogP contribution in [0.2, 0.25) is 10.0 Å². The van der Waals surface area contributed by atoms with Crippen LogP contribution in [0.4, 0.5) is 11.4 Å². The summed E-state index contributed by atoms with van der Waals surface area (Å²) in [6.45, 7) is 0. The van der Waals surface area contributed by atoms with Crippen molar-refractivity contribution in [2.75, 3.05) is 5.32 Å². The minimum atomic E-state index is -0.353. The molecule has 0 saturated carbocycles. The van der Waals surface area contributed by atoms with Crippen molar-refractivity contribution in [3.63, 3.8) is 0 Å². The third kappa shape index (κ3) is 2.38. The molecule has 0 radical (unpaired) electrons. The molecular formula is C18H14Cl2N2O2. The molecule has 0 bridgehead atoms. The Hall–Kier alpha value is -2.04. The molecule has 0 spiro atoms. The van der Waals surface area contributed by atoms with E-state index in [0.717, 1.165) is 23.2 Å². The maximum Gasteiger partial charge on any atom is 0.269 e. The van der Waals surface area contributed by atoms with Crippen molar-refractivity contribution in [3.05, 3.63) is 79.8 Å². The van der Waals surface area contributed by atoms with Crippen LogP contribution in [-0.2, 0) is 0 Å². The Morgan fingerprint density at radius 2 is 2.00 bits per heavy atom. The van der Waals surface area contributed by atoms with Crippen molar-refractivity contribution in [1.29, 1.82) is 0 Å². The van der Waals surface area contributed by atoms with Gasteiger partial charge in [-0.1, -0.05) is 47.5 Å². The number of nitrogens with zero attached hydrogens (tertiary/aromatic N) is 1. The van der Waals surface area contributed by atoms with Gasteiger partial charge in [0.2, 0.25) is 0 Å². The van der Waals surface area contributed by atoms with E-state index in [1.807, 2.05) is 12.1 Å². The summed E-state index contributed by atoms with van der Waals surface area (Å²) < 4.78 is 0. The Labute approximate surface area is 149 Å². The summed E-state index contributed by atoms with van der Waals surface area (Å²) in [7, 11) is 0. The number of fused-ring (bicyclic) bond motifs is 3. The summed E-state index contributed by atoms with van der Waals surface area (Å²) in [6, 6.07) is 10.7. The number of anilines is 1. The third-order valence-electron chi connectivity index (χ3n) is 4.87. The molecule has 0 unspecified atom stereocenters. The van der Waals surface area contributed by atoms with E-state index in [2.05, 4.69) is 17.5 Å². The standard InChI is InChI=1S/C18H14Cl2N2O2/c19-15-6-2-5-13(17(15)20)18-12-4-1-3-11(12)14-9-10(22(23)24)7-8-16(14)21-18/h1-3,5-9,11-12,18,21H,4H2/t11-,12-,18-/m0/s1. The lowest BCUT2D eigenvalue weighted by molar-refractivity contribution is -0.384. The topological polar surface area (TPSA) is 55.2 Å². The molecule has 122 valence electrons. The molecule has 2 aliphatic rings. The molecule has 4 nitrogen and oxygen atoms in total. The lowest BCUT2D eigenvalue weighted by atomic mass is 9.77. The maximum atomic E-state index is 11.1. The summed E-state index contributed by atoms with van der Waals surface area (Å²) in [4.78, 5) is 10.7. The second-order valence-corrected chi connectivity index (χ2v) is 6.93. The maximum absolute atomic E-state index is 11.1. The summed E-state index contributed by atoms with van der Waals surface area (Å²) in [5, 5.41) is 15.7. The van der Waals surface area contributed by atoms with Gasteiger partial charge in [-0.25, -0.2) is 0 Å². The molecule has 0 aromatic heterocycles. The van der Waals surface area contributed by atoms with E-state index < -0.39 is 0 Å². The number of benzene rings is 2. The first-order valence-electron chi connectivity index (χ1n) is 7.71. The van der Waals surface area contributed by atoms with Crippen LogP contribution in [0.1, 0.15) is 29.5 Å². The van der Waals surface area contributed by atoms with Gasteiger partial charge >= 0.3 is 0 Å². The van der Waals surface area contributed by atoms with E-state index in [1.54, 1.807) is 18.2 Å². The predicted molar refractivity (Wildman–Crippen MR) is 95.9 cm³/mol. The van der Waals surface area contributed by atoms with Gasteiger partial charge in [-0.3, -0.25) is 10.1 Å². The quantitative estimate of drug-likeness (QED) is 0.422. The molecule has 2 aromatic carbocycles. The van der Waals surface area contributed by atoms with Gasteiger partial charge in [-0.15, -0.1) is 0 Å². The fourth-order valence-electron chi connectivity index (χ4n) is 3.76. The Bertz CT molecular complexity index is 866. The summed E-state index contributed by atoms with van der Waals surface area (Å²) in [5.74, 6) is 0.400. The number of nitrogens with one attached hydrogen (secondary N) is 1. The molecule has 1 N–H and O–H groups in total. The molecule has 4 rings (SSSR count). The lowest BCUT2D eigenvalue weighted by Gasteiger charge is -2.37. The minimum absolute atomic E-state index is 0.0187. The van der Waals surface area contributed by atoms with Crippen molar-refractivity contribution >= 4 is 34.6 Å². The molecule has 24 heavy (non-hydrogen) atoms. The zero-order valence-corrected chi connectivity index (χ0v) is 14.1. The number of nitro groups is 1. The Balaban J connectivity index is 1.81. The number of rotatable bonds is 2. The van der Waals surface area contributed by atoms with Crippen molar-refractivity contribution in [2.45, 2.75) is 18.4 Å². The van der Waals surface area contributed by atoms with Crippen LogP contribution in [0.15, 0.2) is 48.6 Å². The van der Waals surface area contributed by atoms with E-state index in [-0.39, 0.29) is 28.5 Å². The Morgan fingerprint density at radius 3 is 2.79 bits per heavy atom. The zero-order chi connectivity index (χ0) is 16.8. The summed E-state index contributed by atoms with van der Waals surface area (Å²) >= 11 is 12.6. The van der Waals surface area contributed by atoms with Gasteiger partial charge in [0, 0.05) is 23.7 Å². The van der Waals surface area contributed by atoms with Gasteiger partial charge in [0.1, 0.15) is 0 Å². The fourth-order valence-corrected chi connectivity index (χ4v) is 4.19. The van der Waals surface area contributed by atoms with E-state index in [9.17, 15) is 10.1 Å². The van der Waals surface area contributed by atoms with Crippen LogP contribution < -0.4 is 5.32 Å². The molecule has 0 fully saturated rings. The van der Waals surface area contributed by atoms with Gasteiger partial charge in [0.15, 0.2) is 0 Å². The van der Waals surface area contributed by atoms with Crippen LogP contribution in [0, 0.1) is 16.0 Å². The molecule has 2 aromatic rings. The molecule has 1 aliphatic carbocycles. The monoisotopic (exact) mass is 360 g/mol. The van der Waals surface area contributed by atoms with Crippen molar-refractivity contribution in [3.8, 4) is 0 Å². The first-order valence-corrected chi connectivity index (χ1v) is 8.47. The molecule has 1 heterocycles. The predicted octanol–water partition coefficient (Wildman–Crippen LogP) is 5.73. The van der Waals surface area contributed by atoms with E-state index in [4.69, 9.17) is 23.2 Å². The van der Waals surface area contributed by atoms with E-state index in [0.29, 0.717) is 10.0 Å². The van der Waals surface area contributed by atoms with E-state index in [1.165, 1.54) is 6.07 Å². The normalized spacial score (nSPS) is 24.2. The SMILES string of the molecule is O=[N+]([O-])c1ccc2c(c1)[C@H]1C=CC[C@@H]1[C@@H](c1cccc(Cl)c1Cl)N2. The first kappa shape index (κ1) is 15.5. The fraction of sp³-hybridized carbons (Fsp3) is 0.222. The van der Waals surface area contributed by atoms with Crippen LogP contribution in [0.3, 0.4) is 0 Å². The van der Waals surface area contributed by atoms with Crippen LogP contribution >= 0.6 is 23.2 Å². The molecule has 0 amide bonds. The average Bonchev–Trinajstić information content (AvgIpc) is 3.06. The number of nitro benzene ring substituents is 1. The minimum Gasteiger partial charge on any atom is -0.378 e. The largest absolute Gasteiger partial charge is 0.378 e. The van der Waals surface area contributed by atoms with E-state index >= 15 is 0 Å². The van der Waals surface area contributed by atoms with Crippen molar-refractivity contribution in [1.82, 2.24) is 0 Å². The lowest BCUT2D eigenvalue weighted by Crippen LogP contribution is -2.29. The van der Waals surface area contributed by atoms with Crippen molar-refractivity contribution in [2.24, 2.45) is 5.92 Å². The van der Waals surface area contributed by atoms with Gasteiger partial charge in [0.05, 0.1) is 21.0 Å². The van der Waals surface area contributed by atoms with Gasteiger partial charge < -0.3 is 5.32 Å². The highest BCUT2D eigenvalue weighted by molar-refractivity contribution is 6.42. The summed E-state index contributed by atoms with van der Waals surface area (Å²) in [5.41, 5.74) is 2.97. The first-order chi connectivity index (χ1) is 11.6. The van der Waals surface area contributed by atoms with Gasteiger partial charge in [0.25, 0.3) is 5.69 Å². The number of non-ortho nitro benzene ring substituents is 1. The van der Waals surface area contributed by atoms with Crippen LogP contribution in [-0.4, -0.2) is 4.92 Å². The van der Waals surface area contributed by atoms with Crippen LogP contribution in [0.5, 0.6) is 0 Å². The molecule has 1 aliphatic heterocycles. The highest BCUT2D eigenvalue weighted by Gasteiger charge is 2.39. The summed E-state index contributed by atoms with van der Waals surface area (Å²) in [6.07, 6.45) is 5.17. The number of hydrogen-bond donors (Lipinski definition) is 1. The molecule has 6 heteroatoms. The number of halogens is 2. The number of hydrogen-bond acceptors (Lipinski definition) is 3. The van der Waals surface area contributed by atoms with Crippen LogP contribution in [0.25, 0.3) is 0 Å². The van der Waals surface area contributed by atoms with Crippen molar-refractivity contribution < 1.29 is 4.92 Å². The third-order valence-corrected chi connectivity index (χ3v) is 5.71. The Morgan fingerprint density at radius 1 is 1.17 bits per heavy atom.